The Kier molecular flexibility index (Phi) is 6.93. The molecule has 1 heterocycles. The third kappa shape index (κ3) is 5.97. The maximum atomic E-state index is 13.1. The number of esters is 1. The maximum Gasteiger partial charge on any atom is 0.416 e. The molecule has 32 heavy (non-hydrogen) atoms. The number of amides is 1. The molecule has 3 rings (SSSR count). The summed E-state index contributed by atoms with van der Waals surface area (Å²) in [4.78, 5) is 32.6. The maximum absolute atomic E-state index is 13.1. The fraction of sp³-hybridized carbons (Fsp3) is 0.136. The van der Waals surface area contributed by atoms with Gasteiger partial charge in [0.05, 0.1) is 29.4 Å². The standard InChI is InChI=1S/C22H17F3N4O3/c1-15-11-27-19(13-26-15)21(31)32-14-20(30)29(28-12-16-6-3-2-4-7-16)18-9-5-8-17(10-18)22(23,24)25/h2-13H,14H2,1H3/b28-12+. The first kappa shape index (κ1) is 22.6. The number of halogens is 3. The summed E-state index contributed by atoms with van der Waals surface area (Å²) in [6, 6.07) is 12.8. The SMILES string of the molecule is Cc1cnc(C(=O)OCC(=O)N(/N=C/c2ccccc2)c2cccc(C(F)(F)F)c2)cn1. The van der Waals surface area contributed by atoms with Crippen molar-refractivity contribution in [2.24, 2.45) is 5.10 Å². The molecule has 0 bridgehead atoms. The van der Waals surface area contributed by atoms with Crippen molar-refractivity contribution in [2.75, 3.05) is 11.6 Å². The molecule has 0 aliphatic rings. The number of hydrogen-bond acceptors (Lipinski definition) is 6. The third-order valence-electron chi connectivity index (χ3n) is 4.09. The minimum Gasteiger partial charge on any atom is -0.451 e. The highest BCUT2D eigenvalue weighted by Crippen LogP contribution is 2.31. The van der Waals surface area contributed by atoms with Crippen LogP contribution in [0.3, 0.4) is 0 Å². The van der Waals surface area contributed by atoms with Crippen molar-refractivity contribution in [1.82, 2.24) is 9.97 Å². The minimum absolute atomic E-state index is 0.109. The molecule has 0 unspecified atom stereocenters. The van der Waals surface area contributed by atoms with Gasteiger partial charge in [0, 0.05) is 6.20 Å². The van der Waals surface area contributed by atoms with Gasteiger partial charge in [-0.25, -0.2) is 9.78 Å². The summed E-state index contributed by atoms with van der Waals surface area (Å²) < 4.78 is 44.3. The average Bonchev–Trinajstić information content (AvgIpc) is 2.78. The molecular weight excluding hydrogens is 425 g/mol. The van der Waals surface area contributed by atoms with Crippen LogP contribution in [0, 0.1) is 6.92 Å². The first-order valence-electron chi connectivity index (χ1n) is 9.29. The van der Waals surface area contributed by atoms with Gasteiger partial charge in [-0.1, -0.05) is 36.4 Å². The van der Waals surface area contributed by atoms with E-state index >= 15 is 0 Å². The van der Waals surface area contributed by atoms with Gasteiger partial charge in [0.15, 0.2) is 12.3 Å². The lowest BCUT2D eigenvalue weighted by Gasteiger charge is -2.18. The largest absolute Gasteiger partial charge is 0.451 e. The number of hydrogen-bond donors (Lipinski definition) is 0. The number of aromatic nitrogens is 2. The second kappa shape index (κ2) is 9.82. The van der Waals surface area contributed by atoms with E-state index in [1.807, 2.05) is 0 Å². The first-order chi connectivity index (χ1) is 15.2. The van der Waals surface area contributed by atoms with E-state index in [-0.39, 0.29) is 11.4 Å². The third-order valence-corrected chi connectivity index (χ3v) is 4.09. The molecule has 0 saturated heterocycles. The Morgan fingerprint density at radius 2 is 1.81 bits per heavy atom. The fourth-order valence-electron chi connectivity index (χ4n) is 2.51. The van der Waals surface area contributed by atoms with E-state index in [4.69, 9.17) is 4.74 Å². The van der Waals surface area contributed by atoms with Crippen molar-refractivity contribution in [1.29, 1.82) is 0 Å². The molecule has 0 aliphatic carbocycles. The molecule has 0 saturated carbocycles. The monoisotopic (exact) mass is 442 g/mol. The van der Waals surface area contributed by atoms with Gasteiger partial charge < -0.3 is 4.74 Å². The number of ether oxygens (including phenoxy) is 1. The molecule has 1 aromatic heterocycles. The molecule has 0 aliphatic heterocycles. The van der Waals surface area contributed by atoms with Crippen LogP contribution in [0.5, 0.6) is 0 Å². The highest BCUT2D eigenvalue weighted by atomic mass is 19.4. The topological polar surface area (TPSA) is 84.8 Å². The smallest absolute Gasteiger partial charge is 0.416 e. The normalized spacial score (nSPS) is 11.4. The Hall–Kier alpha value is -4.08. The lowest BCUT2D eigenvalue weighted by atomic mass is 10.2. The number of carbonyl (C=O) groups excluding carboxylic acids is 2. The van der Waals surface area contributed by atoms with Crippen LogP contribution in [0.4, 0.5) is 18.9 Å². The van der Waals surface area contributed by atoms with Crippen molar-refractivity contribution < 1.29 is 27.5 Å². The van der Waals surface area contributed by atoms with E-state index in [2.05, 4.69) is 15.1 Å². The van der Waals surface area contributed by atoms with Gasteiger partial charge in [0.1, 0.15) is 0 Å². The Morgan fingerprint density at radius 3 is 2.47 bits per heavy atom. The first-order valence-corrected chi connectivity index (χ1v) is 9.29. The van der Waals surface area contributed by atoms with E-state index in [0.29, 0.717) is 11.3 Å². The van der Waals surface area contributed by atoms with Gasteiger partial charge in [-0.15, -0.1) is 0 Å². The molecule has 1 amide bonds. The number of rotatable bonds is 6. The van der Waals surface area contributed by atoms with E-state index in [1.165, 1.54) is 24.7 Å². The number of anilines is 1. The van der Waals surface area contributed by atoms with Crippen LogP contribution in [-0.4, -0.2) is 34.7 Å². The van der Waals surface area contributed by atoms with Crippen molar-refractivity contribution >= 4 is 23.8 Å². The molecule has 0 N–H and O–H groups in total. The Labute approximate surface area is 181 Å². The molecular formula is C22H17F3N4O3. The average molecular weight is 442 g/mol. The van der Waals surface area contributed by atoms with Gasteiger partial charge in [0.2, 0.25) is 0 Å². The molecule has 0 spiro atoms. The molecule has 0 fully saturated rings. The molecule has 2 aromatic carbocycles. The van der Waals surface area contributed by atoms with E-state index in [9.17, 15) is 22.8 Å². The zero-order valence-corrected chi connectivity index (χ0v) is 16.8. The summed E-state index contributed by atoms with van der Waals surface area (Å²) in [5.74, 6) is -1.76. The highest BCUT2D eigenvalue weighted by molar-refractivity contribution is 5.97. The van der Waals surface area contributed by atoms with Crippen molar-refractivity contribution in [3.63, 3.8) is 0 Å². The molecule has 0 atom stereocenters. The Morgan fingerprint density at radius 1 is 1.06 bits per heavy atom. The van der Waals surface area contributed by atoms with Crippen LogP contribution in [-0.2, 0) is 15.7 Å². The molecule has 3 aromatic rings. The van der Waals surface area contributed by atoms with Crippen molar-refractivity contribution in [3.8, 4) is 0 Å². The molecule has 7 nitrogen and oxygen atoms in total. The number of benzene rings is 2. The lowest BCUT2D eigenvalue weighted by Crippen LogP contribution is -2.31. The van der Waals surface area contributed by atoms with Crippen molar-refractivity contribution in [2.45, 2.75) is 13.1 Å². The Balaban J connectivity index is 1.83. The van der Waals surface area contributed by atoms with Crippen LogP contribution >= 0.6 is 0 Å². The number of hydrazone groups is 1. The highest BCUT2D eigenvalue weighted by Gasteiger charge is 2.31. The Bertz CT molecular complexity index is 1120. The van der Waals surface area contributed by atoms with Gasteiger partial charge in [-0.2, -0.15) is 23.3 Å². The van der Waals surface area contributed by atoms with Crippen LogP contribution in [0.2, 0.25) is 0 Å². The number of alkyl halides is 3. The van der Waals surface area contributed by atoms with Gasteiger partial charge in [-0.05, 0) is 30.7 Å². The quantitative estimate of drug-likeness (QED) is 0.327. The van der Waals surface area contributed by atoms with E-state index < -0.39 is 30.2 Å². The number of nitrogens with zero attached hydrogens (tertiary/aromatic N) is 4. The molecule has 10 heteroatoms. The molecule has 164 valence electrons. The fourth-order valence-corrected chi connectivity index (χ4v) is 2.51. The summed E-state index contributed by atoms with van der Waals surface area (Å²) in [7, 11) is 0. The van der Waals surface area contributed by atoms with Gasteiger partial charge in [0.25, 0.3) is 5.91 Å². The van der Waals surface area contributed by atoms with Crippen LogP contribution < -0.4 is 5.01 Å². The second-order valence-corrected chi connectivity index (χ2v) is 6.53. The van der Waals surface area contributed by atoms with Gasteiger partial charge >= 0.3 is 12.1 Å². The molecule has 0 radical (unpaired) electrons. The summed E-state index contributed by atoms with van der Waals surface area (Å²) in [5.41, 5.74) is 0.00687. The number of carbonyl (C=O) groups is 2. The summed E-state index contributed by atoms with van der Waals surface area (Å²) in [6.07, 6.45) is -0.742. The van der Waals surface area contributed by atoms with Crippen LogP contribution in [0.15, 0.2) is 72.1 Å². The predicted octanol–water partition coefficient (Wildman–Crippen LogP) is 4.03. The van der Waals surface area contributed by atoms with E-state index in [1.54, 1.807) is 37.3 Å². The van der Waals surface area contributed by atoms with Gasteiger partial charge in [-0.3, -0.25) is 9.78 Å². The number of aryl methyl sites for hydroxylation is 1. The summed E-state index contributed by atoms with van der Waals surface area (Å²) in [6.45, 7) is 0.917. The zero-order chi connectivity index (χ0) is 23.1. The minimum atomic E-state index is -4.61. The van der Waals surface area contributed by atoms with Crippen LogP contribution in [0.1, 0.15) is 27.3 Å². The lowest BCUT2D eigenvalue weighted by molar-refractivity contribution is -0.137. The summed E-state index contributed by atoms with van der Waals surface area (Å²) >= 11 is 0. The summed E-state index contributed by atoms with van der Waals surface area (Å²) in [5, 5.41) is 4.77. The zero-order valence-electron chi connectivity index (χ0n) is 16.8. The van der Waals surface area contributed by atoms with Crippen LogP contribution in [0.25, 0.3) is 0 Å². The predicted molar refractivity (Wildman–Crippen MR) is 110 cm³/mol. The van der Waals surface area contributed by atoms with Crippen molar-refractivity contribution in [3.05, 3.63) is 89.5 Å². The van der Waals surface area contributed by atoms with E-state index in [0.717, 1.165) is 23.2 Å². The second-order valence-electron chi connectivity index (χ2n) is 6.53.